The van der Waals surface area contributed by atoms with Crippen LogP contribution in [0.5, 0.6) is 6.01 Å². The summed E-state index contributed by atoms with van der Waals surface area (Å²) in [4.78, 5) is 8.24. The van der Waals surface area contributed by atoms with E-state index in [1.54, 1.807) is 6.07 Å². The molecule has 2 heterocycles. The van der Waals surface area contributed by atoms with Gasteiger partial charge in [-0.3, -0.25) is 5.41 Å². The third-order valence-corrected chi connectivity index (χ3v) is 2.78. The lowest BCUT2D eigenvalue weighted by Gasteiger charge is -2.22. The number of hydrogen-bond acceptors (Lipinski definition) is 5. The van der Waals surface area contributed by atoms with Crippen molar-refractivity contribution in [2.75, 3.05) is 13.2 Å². The SMILES string of the molecule is Cc1cc(C(=N)N)nc(OCC2CCCCO2)n1. The van der Waals surface area contributed by atoms with Crippen molar-refractivity contribution < 1.29 is 9.47 Å². The standard InChI is InChI=1S/C12H18N4O2/c1-8-6-10(11(13)14)16-12(15-8)18-7-9-4-2-3-5-17-9/h6,9H,2-5,7H2,1H3,(H3,13,14). The number of hydrogen-bond donors (Lipinski definition) is 2. The van der Waals surface area contributed by atoms with Crippen LogP contribution in [0.25, 0.3) is 0 Å². The number of nitrogens with zero attached hydrogens (tertiary/aromatic N) is 2. The van der Waals surface area contributed by atoms with Gasteiger partial charge in [0.1, 0.15) is 18.1 Å². The molecule has 0 radical (unpaired) electrons. The van der Waals surface area contributed by atoms with Gasteiger partial charge in [0, 0.05) is 12.3 Å². The van der Waals surface area contributed by atoms with Gasteiger partial charge in [-0.05, 0) is 32.3 Å². The van der Waals surface area contributed by atoms with E-state index < -0.39 is 0 Å². The summed E-state index contributed by atoms with van der Waals surface area (Å²) in [5.74, 6) is -0.0840. The van der Waals surface area contributed by atoms with Crippen LogP contribution in [-0.2, 0) is 4.74 Å². The van der Waals surface area contributed by atoms with Crippen LogP contribution in [0.2, 0.25) is 0 Å². The lowest BCUT2D eigenvalue weighted by molar-refractivity contribution is -0.0129. The van der Waals surface area contributed by atoms with E-state index in [1.165, 1.54) is 6.42 Å². The molecule has 3 N–H and O–H groups in total. The third-order valence-electron chi connectivity index (χ3n) is 2.78. The number of nitrogens with one attached hydrogen (secondary N) is 1. The lowest BCUT2D eigenvalue weighted by atomic mass is 10.1. The second-order valence-corrected chi connectivity index (χ2v) is 4.39. The molecule has 1 aliphatic heterocycles. The predicted molar refractivity (Wildman–Crippen MR) is 66.9 cm³/mol. The lowest BCUT2D eigenvalue weighted by Crippen LogP contribution is -2.26. The fraction of sp³-hybridized carbons (Fsp3) is 0.583. The highest BCUT2D eigenvalue weighted by atomic mass is 16.5. The molecule has 1 fully saturated rings. The molecule has 1 aromatic rings. The molecular weight excluding hydrogens is 232 g/mol. The topological polar surface area (TPSA) is 94.1 Å². The maximum atomic E-state index is 7.36. The van der Waals surface area contributed by atoms with E-state index in [1.807, 2.05) is 6.92 Å². The van der Waals surface area contributed by atoms with Crippen molar-refractivity contribution in [1.29, 1.82) is 5.41 Å². The van der Waals surface area contributed by atoms with Crippen LogP contribution < -0.4 is 10.5 Å². The summed E-state index contributed by atoms with van der Waals surface area (Å²) in [6.45, 7) is 3.06. The van der Waals surface area contributed by atoms with Gasteiger partial charge in [-0.15, -0.1) is 0 Å². The number of amidine groups is 1. The van der Waals surface area contributed by atoms with Gasteiger partial charge in [-0.25, -0.2) is 4.98 Å². The molecule has 0 saturated carbocycles. The molecule has 0 aromatic carbocycles. The van der Waals surface area contributed by atoms with Gasteiger partial charge in [0.25, 0.3) is 0 Å². The number of rotatable bonds is 4. The summed E-state index contributed by atoms with van der Waals surface area (Å²) in [5.41, 5.74) is 6.53. The Morgan fingerprint density at radius 1 is 1.56 bits per heavy atom. The van der Waals surface area contributed by atoms with E-state index in [9.17, 15) is 0 Å². The van der Waals surface area contributed by atoms with Crippen LogP contribution in [-0.4, -0.2) is 35.1 Å². The van der Waals surface area contributed by atoms with Gasteiger partial charge in [0.2, 0.25) is 0 Å². The molecule has 0 bridgehead atoms. The highest BCUT2D eigenvalue weighted by molar-refractivity contribution is 5.93. The highest BCUT2D eigenvalue weighted by Gasteiger charge is 2.15. The smallest absolute Gasteiger partial charge is 0.317 e. The van der Waals surface area contributed by atoms with Crippen molar-refractivity contribution in [2.45, 2.75) is 32.3 Å². The Labute approximate surface area is 106 Å². The molecule has 18 heavy (non-hydrogen) atoms. The number of nitrogens with two attached hydrogens (primary N) is 1. The van der Waals surface area contributed by atoms with Crippen molar-refractivity contribution in [3.8, 4) is 6.01 Å². The first-order chi connectivity index (χ1) is 8.65. The van der Waals surface area contributed by atoms with Crippen LogP contribution in [0, 0.1) is 12.3 Å². The van der Waals surface area contributed by atoms with E-state index in [0.717, 1.165) is 25.1 Å². The summed E-state index contributed by atoms with van der Waals surface area (Å²) in [6, 6.07) is 1.92. The fourth-order valence-corrected chi connectivity index (χ4v) is 1.85. The molecule has 6 heteroatoms. The minimum Gasteiger partial charge on any atom is -0.461 e. The predicted octanol–water partition coefficient (Wildman–Crippen LogP) is 1.02. The maximum Gasteiger partial charge on any atom is 0.317 e. The second-order valence-electron chi connectivity index (χ2n) is 4.39. The van der Waals surface area contributed by atoms with Crippen molar-refractivity contribution in [3.05, 3.63) is 17.5 Å². The van der Waals surface area contributed by atoms with E-state index in [2.05, 4.69) is 9.97 Å². The quantitative estimate of drug-likeness (QED) is 0.614. The molecule has 1 saturated heterocycles. The van der Waals surface area contributed by atoms with Crippen molar-refractivity contribution in [3.63, 3.8) is 0 Å². The largest absolute Gasteiger partial charge is 0.461 e. The Kier molecular flexibility index (Phi) is 4.09. The van der Waals surface area contributed by atoms with Crippen LogP contribution in [0.15, 0.2) is 6.07 Å². The average Bonchev–Trinajstić information content (AvgIpc) is 2.37. The van der Waals surface area contributed by atoms with Gasteiger partial charge in [0.15, 0.2) is 0 Å². The molecule has 2 rings (SSSR count). The van der Waals surface area contributed by atoms with Crippen LogP contribution in [0.3, 0.4) is 0 Å². The van der Waals surface area contributed by atoms with Crippen molar-refractivity contribution >= 4 is 5.84 Å². The van der Waals surface area contributed by atoms with E-state index in [-0.39, 0.29) is 18.0 Å². The van der Waals surface area contributed by atoms with E-state index >= 15 is 0 Å². The second kappa shape index (κ2) is 5.77. The van der Waals surface area contributed by atoms with E-state index in [4.69, 9.17) is 20.6 Å². The Morgan fingerprint density at radius 2 is 2.39 bits per heavy atom. The normalized spacial score (nSPS) is 19.5. The first-order valence-corrected chi connectivity index (χ1v) is 6.09. The number of ether oxygens (including phenoxy) is 2. The summed E-state index contributed by atoms with van der Waals surface area (Å²) >= 11 is 0. The molecule has 1 aliphatic rings. The van der Waals surface area contributed by atoms with E-state index in [0.29, 0.717) is 12.3 Å². The molecule has 1 unspecified atom stereocenters. The zero-order valence-electron chi connectivity index (χ0n) is 10.5. The van der Waals surface area contributed by atoms with Gasteiger partial charge < -0.3 is 15.2 Å². The maximum absolute atomic E-state index is 7.36. The summed E-state index contributed by atoms with van der Waals surface area (Å²) in [6.07, 6.45) is 3.40. The van der Waals surface area contributed by atoms with Crippen LogP contribution >= 0.6 is 0 Å². The third kappa shape index (κ3) is 3.40. The molecule has 1 aromatic heterocycles. The molecule has 98 valence electrons. The Balaban J connectivity index is 1.97. The summed E-state index contributed by atoms with van der Waals surface area (Å²) in [7, 11) is 0. The fourth-order valence-electron chi connectivity index (χ4n) is 1.85. The number of aromatic nitrogens is 2. The minimum absolute atomic E-state index is 0.0840. The van der Waals surface area contributed by atoms with Crippen molar-refractivity contribution in [1.82, 2.24) is 9.97 Å². The molecule has 0 spiro atoms. The molecule has 0 aliphatic carbocycles. The monoisotopic (exact) mass is 250 g/mol. The zero-order chi connectivity index (χ0) is 13.0. The summed E-state index contributed by atoms with van der Waals surface area (Å²) in [5, 5.41) is 7.36. The van der Waals surface area contributed by atoms with Gasteiger partial charge in [-0.1, -0.05) is 0 Å². The molecule has 0 amide bonds. The Hall–Kier alpha value is -1.69. The van der Waals surface area contributed by atoms with Gasteiger partial charge >= 0.3 is 6.01 Å². The first-order valence-electron chi connectivity index (χ1n) is 6.09. The van der Waals surface area contributed by atoms with Crippen LogP contribution in [0.1, 0.15) is 30.7 Å². The Bertz CT molecular complexity index is 430. The van der Waals surface area contributed by atoms with Gasteiger partial charge in [-0.2, -0.15) is 4.98 Å². The zero-order valence-corrected chi connectivity index (χ0v) is 10.5. The molecular formula is C12H18N4O2. The molecule has 6 nitrogen and oxygen atoms in total. The number of nitrogen functional groups attached to an aromatic ring is 1. The Morgan fingerprint density at radius 3 is 3.06 bits per heavy atom. The number of aryl methyl sites for hydroxylation is 1. The highest BCUT2D eigenvalue weighted by Crippen LogP contribution is 2.14. The first kappa shape index (κ1) is 12.8. The molecule has 1 atom stereocenters. The summed E-state index contributed by atoms with van der Waals surface area (Å²) < 4.78 is 11.1. The average molecular weight is 250 g/mol. The minimum atomic E-state index is -0.0840. The van der Waals surface area contributed by atoms with Crippen molar-refractivity contribution in [2.24, 2.45) is 5.73 Å². The van der Waals surface area contributed by atoms with Crippen LogP contribution in [0.4, 0.5) is 0 Å². The van der Waals surface area contributed by atoms with Gasteiger partial charge in [0.05, 0.1) is 6.10 Å².